The van der Waals surface area contributed by atoms with Gasteiger partial charge in [-0.15, -0.1) is 0 Å². The number of fused-ring (bicyclic) bond motifs is 1. The standard InChI is InChI=1S/C9H12N4O/c1-10-4-8(14)7-6-13-3-2-11-5-9(13)12-7/h2-3,5-6,8,10,14H,4H2,1H3. The number of hydrogen-bond donors (Lipinski definition) is 2. The number of nitrogens with zero attached hydrogens (tertiary/aromatic N) is 3. The van der Waals surface area contributed by atoms with Crippen molar-refractivity contribution in [1.29, 1.82) is 0 Å². The Morgan fingerprint density at radius 2 is 2.50 bits per heavy atom. The Bertz CT molecular complexity index is 392. The van der Waals surface area contributed by atoms with Crippen molar-refractivity contribution in [3.8, 4) is 0 Å². The second-order valence-electron chi connectivity index (χ2n) is 3.08. The van der Waals surface area contributed by atoms with Crippen LogP contribution in [-0.2, 0) is 0 Å². The van der Waals surface area contributed by atoms with Crippen molar-refractivity contribution >= 4 is 5.65 Å². The molecule has 14 heavy (non-hydrogen) atoms. The maximum Gasteiger partial charge on any atom is 0.155 e. The largest absolute Gasteiger partial charge is 0.385 e. The zero-order valence-corrected chi connectivity index (χ0v) is 7.88. The van der Waals surface area contributed by atoms with E-state index in [0.717, 1.165) is 5.65 Å². The average molecular weight is 192 g/mol. The highest BCUT2D eigenvalue weighted by atomic mass is 16.3. The lowest BCUT2D eigenvalue weighted by Gasteiger charge is -2.04. The highest BCUT2D eigenvalue weighted by Gasteiger charge is 2.10. The van der Waals surface area contributed by atoms with Crippen LogP contribution in [0.5, 0.6) is 0 Å². The third kappa shape index (κ3) is 1.59. The Morgan fingerprint density at radius 1 is 1.64 bits per heavy atom. The van der Waals surface area contributed by atoms with Gasteiger partial charge >= 0.3 is 0 Å². The summed E-state index contributed by atoms with van der Waals surface area (Å²) >= 11 is 0. The number of rotatable bonds is 3. The van der Waals surface area contributed by atoms with Crippen LogP contribution in [-0.4, -0.2) is 33.1 Å². The fraction of sp³-hybridized carbons (Fsp3) is 0.333. The van der Waals surface area contributed by atoms with Gasteiger partial charge in [0.2, 0.25) is 0 Å². The van der Waals surface area contributed by atoms with Crippen LogP contribution >= 0.6 is 0 Å². The summed E-state index contributed by atoms with van der Waals surface area (Å²) in [6, 6.07) is 0. The van der Waals surface area contributed by atoms with Crippen molar-refractivity contribution in [2.45, 2.75) is 6.10 Å². The van der Waals surface area contributed by atoms with E-state index in [2.05, 4.69) is 15.3 Å². The van der Waals surface area contributed by atoms with Gasteiger partial charge in [-0.1, -0.05) is 0 Å². The lowest BCUT2D eigenvalue weighted by atomic mass is 10.3. The summed E-state index contributed by atoms with van der Waals surface area (Å²) < 4.78 is 1.83. The van der Waals surface area contributed by atoms with E-state index >= 15 is 0 Å². The molecule has 0 saturated heterocycles. The molecule has 0 aliphatic rings. The molecule has 0 bridgehead atoms. The van der Waals surface area contributed by atoms with E-state index in [9.17, 15) is 5.11 Å². The number of aliphatic hydroxyl groups is 1. The predicted molar refractivity (Wildman–Crippen MR) is 51.9 cm³/mol. The molecular weight excluding hydrogens is 180 g/mol. The minimum absolute atomic E-state index is 0.497. The van der Waals surface area contributed by atoms with Gasteiger partial charge in [-0.05, 0) is 7.05 Å². The Morgan fingerprint density at radius 3 is 3.21 bits per heavy atom. The van der Waals surface area contributed by atoms with Gasteiger partial charge in [0.15, 0.2) is 5.65 Å². The molecule has 1 unspecified atom stereocenters. The molecule has 2 aromatic rings. The van der Waals surface area contributed by atoms with Gasteiger partial charge in [0.1, 0.15) is 6.10 Å². The third-order valence-electron chi connectivity index (χ3n) is 2.02. The van der Waals surface area contributed by atoms with Crippen LogP contribution in [0.4, 0.5) is 0 Å². The van der Waals surface area contributed by atoms with Gasteiger partial charge in [-0.25, -0.2) is 4.98 Å². The second-order valence-corrected chi connectivity index (χ2v) is 3.08. The molecule has 1 atom stereocenters. The molecule has 5 heteroatoms. The van der Waals surface area contributed by atoms with Crippen molar-refractivity contribution in [2.75, 3.05) is 13.6 Å². The molecule has 2 aromatic heterocycles. The smallest absolute Gasteiger partial charge is 0.155 e. The SMILES string of the molecule is CNCC(O)c1cn2ccncc2n1. The number of hydrogen-bond acceptors (Lipinski definition) is 4. The van der Waals surface area contributed by atoms with E-state index in [1.807, 2.05) is 4.40 Å². The molecule has 0 radical (unpaired) electrons. The van der Waals surface area contributed by atoms with Crippen LogP contribution in [0, 0.1) is 0 Å². The molecule has 2 heterocycles. The van der Waals surface area contributed by atoms with Crippen LogP contribution in [0.2, 0.25) is 0 Å². The summed E-state index contributed by atoms with van der Waals surface area (Å²) in [5.41, 5.74) is 1.41. The second kappa shape index (κ2) is 3.73. The van der Waals surface area contributed by atoms with Gasteiger partial charge in [0.25, 0.3) is 0 Å². The molecule has 2 N–H and O–H groups in total. The molecule has 74 valence electrons. The van der Waals surface area contributed by atoms with Crippen molar-refractivity contribution in [3.05, 3.63) is 30.5 Å². The minimum Gasteiger partial charge on any atom is -0.385 e. The molecule has 0 aliphatic carbocycles. The minimum atomic E-state index is -0.570. The topological polar surface area (TPSA) is 62.5 Å². The van der Waals surface area contributed by atoms with Crippen molar-refractivity contribution in [1.82, 2.24) is 19.7 Å². The first-order valence-electron chi connectivity index (χ1n) is 4.42. The zero-order valence-electron chi connectivity index (χ0n) is 7.88. The number of aromatic nitrogens is 3. The molecule has 2 rings (SSSR count). The zero-order chi connectivity index (χ0) is 9.97. The Balaban J connectivity index is 2.35. The van der Waals surface area contributed by atoms with Crippen LogP contribution in [0.3, 0.4) is 0 Å². The predicted octanol–water partition coefficient (Wildman–Crippen LogP) is -0.0179. The van der Waals surface area contributed by atoms with E-state index in [-0.39, 0.29) is 0 Å². The lowest BCUT2D eigenvalue weighted by Crippen LogP contribution is -2.16. The quantitative estimate of drug-likeness (QED) is 0.717. The summed E-state index contributed by atoms with van der Waals surface area (Å²) in [5, 5.41) is 12.6. The maximum atomic E-state index is 9.66. The van der Waals surface area contributed by atoms with Gasteiger partial charge in [-0.2, -0.15) is 0 Å². The molecule has 0 fully saturated rings. The van der Waals surface area contributed by atoms with Crippen LogP contribution in [0.1, 0.15) is 11.8 Å². The van der Waals surface area contributed by atoms with Gasteiger partial charge in [0, 0.05) is 25.1 Å². The molecule has 0 amide bonds. The fourth-order valence-corrected chi connectivity index (χ4v) is 1.32. The first-order chi connectivity index (χ1) is 6.81. The highest BCUT2D eigenvalue weighted by molar-refractivity contribution is 5.36. The van der Waals surface area contributed by atoms with E-state index in [1.165, 1.54) is 0 Å². The maximum absolute atomic E-state index is 9.66. The highest BCUT2D eigenvalue weighted by Crippen LogP contribution is 2.11. The van der Waals surface area contributed by atoms with Gasteiger partial charge in [-0.3, -0.25) is 4.98 Å². The Hall–Kier alpha value is -1.46. The molecule has 0 spiro atoms. The van der Waals surface area contributed by atoms with Crippen molar-refractivity contribution in [3.63, 3.8) is 0 Å². The van der Waals surface area contributed by atoms with Crippen molar-refractivity contribution in [2.24, 2.45) is 0 Å². The molecule has 0 saturated carbocycles. The van der Waals surface area contributed by atoms with E-state index in [4.69, 9.17) is 0 Å². The number of imidazole rings is 1. The third-order valence-corrected chi connectivity index (χ3v) is 2.02. The number of nitrogens with one attached hydrogen (secondary N) is 1. The molecule has 0 aliphatic heterocycles. The van der Waals surface area contributed by atoms with Gasteiger partial charge in [0.05, 0.1) is 11.9 Å². The van der Waals surface area contributed by atoms with Crippen LogP contribution in [0.15, 0.2) is 24.8 Å². The van der Waals surface area contributed by atoms with E-state index < -0.39 is 6.10 Å². The molecule has 0 aromatic carbocycles. The van der Waals surface area contributed by atoms with E-state index in [1.54, 1.807) is 31.8 Å². The summed E-state index contributed by atoms with van der Waals surface area (Å²) in [6.45, 7) is 0.497. The Labute approximate surface area is 81.4 Å². The first kappa shape index (κ1) is 9.11. The van der Waals surface area contributed by atoms with Crippen molar-refractivity contribution < 1.29 is 5.11 Å². The number of likely N-dealkylation sites (N-methyl/N-ethyl adjacent to an activating group) is 1. The normalized spacial score (nSPS) is 13.3. The van der Waals surface area contributed by atoms with Crippen LogP contribution in [0.25, 0.3) is 5.65 Å². The summed E-state index contributed by atoms with van der Waals surface area (Å²) in [5.74, 6) is 0. The average Bonchev–Trinajstić information content (AvgIpc) is 2.61. The monoisotopic (exact) mass is 192 g/mol. The summed E-state index contributed by atoms with van der Waals surface area (Å²) in [6.07, 6.45) is 6.38. The fourth-order valence-electron chi connectivity index (χ4n) is 1.32. The Kier molecular flexibility index (Phi) is 2.43. The lowest BCUT2D eigenvalue weighted by molar-refractivity contribution is 0.173. The molecule has 5 nitrogen and oxygen atoms in total. The molecular formula is C9H12N4O. The number of aliphatic hydroxyl groups excluding tert-OH is 1. The summed E-state index contributed by atoms with van der Waals surface area (Å²) in [7, 11) is 1.79. The summed E-state index contributed by atoms with van der Waals surface area (Å²) in [4.78, 5) is 8.19. The van der Waals surface area contributed by atoms with Crippen LogP contribution < -0.4 is 5.32 Å². The first-order valence-corrected chi connectivity index (χ1v) is 4.42. The van der Waals surface area contributed by atoms with Gasteiger partial charge < -0.3 is 14.8 Å². The van der Waals surface area contributed by atoms with E-state index in [0.29, 0.717) is 12.2 Å².